The van der Waals surface area contributed by atoms with E-state index < -0.39 is 21.3 Å². The van der Waals surface area contributed by atoms with Gasteiger partial charge >= 0.3 is 5.63 Å². The molecule has 6 nitrogen and oxygen atoms in total. The van der Waals surface area contributed by atoms with Crippen LogP contribution in [0.1, 0.15) is 33.5 Å². The summed E-state index contributed by atoms with van der Waals surface area (Å²) in [5.74, 6) is -0.563. The van der Waals surface area contributed by atoms with E-state index in [1.54, 1.807) is 52.1 Å². The normalized spacial score (nSPS) is 11.9. The second-order valence-electron chi connectivity index (χ2n) is 9.09. The summed E-state index contributed by atoms with van der Waals surface area (Å²) in [6, 6.07) is 10.1. The van der Waals surface area contributed by atoms with E-state index in [4.69, 9.17) is 4.42 Å². The second kappa shape index (κ2) is 9.59. The number of fused-ring (bicyclic) bond motifs is 1. The third-order valence-corrected chi connectivity index (χ3v) is 8.11. The standard InChI is InChI=1S/C27H25FINO5S/c1-14-18(13-36(5,33)34)7-6-8-20(14)23-16(3)30(4)26(31)24-21(15(2)27(32)35-25(23)24)11-17-9-10-19(29)12-22(17)28/h6-10,12H,11,13H2,1-5H3. The van der Waals surface area contributed by atoms with Crippen LogP contribution in [0.5, 0.6) is 0 Å². The summed E-state index contributed by atoms with van der Waals surface area (Å²) in [7, 11) is -1.66. The summed E-state index contributed by atoms with van der Waals surface area (Å²) in [5.41, 5.74) is 3.24. The molecule has 0 amide bonds. The Morgan fingerprint density at radius 1 is 1.03 bits per heavy atom. The predicted molar refractivity (Wildman–Crippen MR) is 148 cm³/mol. The van der Waals surface area contributed by atoms with Gasteiger partial charge in [0.05, 0.1) is 11.1 Å². The van der Waals surface area contributed by atoms with Crippen LogP contribution >= 0.6 is 22.6 Å². The lowest BCUT2D eigenvalue weighted by Crippen LogP contribution is -2.24. The smallest absolute Gasteiger partial charge is 0.339 e. The monoisotopic (exact) mass is 621 g/mol. The van der Waals surface area contributed by atoms with Crippen LogP contribution in [-0.2, 0) is 29.1 Å². The highest BCUT2D eigenvalue weighted by molar-refractivity contribution is 14.1. The maximum atomic E-state index is 14.8. The van der Waals surface area contributed by atoms with Crippen LogP contribution in [0.2, 0.25) is 0 Å². The lowest BCUT2D eigenvalue weighted by atomic mass is 9.92. The number of hydrogen-bond acceptors (Lipinski definition) is 5. The third kappa shape index (κ3) is 4.78. The highest BCUT2D eigenvalue weighted by atomic mass is 127. The SMILES string of the molecule is Cc1c(CS(C)(=O)=O)cccc1-c1c(C)n(C)c(=O)c2c(Cc3ccc(I)cc3F)c(C)c(=O)oc12. The summed E-state index contributed by atoms with van der Waals surface area (Å²) in [4.78, 5) is 26.5. The van der Waals surface area contributed by atoms with E-state index in [0.717, 1.165) is 3.57 Å². The fourth-order valence-corrected chi connectivity index (χ4v) is 5.84. The van der Waals surface area contributed by atoms with E-state index in [9.17, 15) is 22.4 Å². The van der Waals surface area contributed by atoms with E-state index in [2.05, 4.69) is 0 Å². The lowest BCUT2D eigenvalue weighted by molar-refractivity contribution is 0.550. The first-order valence-corrected chi connectivity index (χ1v) is 14.3. The lowest BCUT2D eigenvalue weighted by Gasteiger charge is -2.19. The van der Waals surface area contributed by atoms with Crippen LogP contribution in [0.15, 0.2) is 50.4 Å². The zero-order valence-corrected chi connectivity index (χ0v) is 23.5. The molecule has 0 spiro atoms. The fraction of sp³-hybridized carbons (Fsp3) is 0.259. The molecule has 0 saturated heterocycles. The van der Waals surface area contributed by atoms with Crippen LogP contribution in [0, 0.1) is 30.2 Å². The van der Waals surface area contributed by atoms with Gasteiger partial charge in [-0.2, -0.15) is 0 Å². The van der Waals surface area contributed by atoms with Crippen LogP contribution in [0.4, 0.5) is 4.39 Å². The molecule has 0 radical (unpaired) electrons. The van der Waals surface area contributed by atoms with Gasteiger partial charge in [-0.3, -0.25) is 4.79 Å². The van der Waals surface area contributed by atoms with Gasteiger partial charge < -0.3 is 8.98 Å². The van der Waals surface area contributed by atoms with Crippen molar-refractivity contribution < 1.29 is 17.2 Å². The number of aromatic nitrogens is 1. The first kappa shape index (κ1) is 26.3. The van der Waals surface area contributed by atoms with E-state index in [0.29, 0.717) is 39.1 Å². The number of sulfone groups is 1. The van der Waals surface area contributed by atoms with E-state index in [1.165, 1.54) is 16.9 Å². The Morgan fingerprint density at radius 2 is 1.72 bits per heavy atom. The van der Waals surface area contributed by atoms with Crippen molar-refractivity contribution in [3.05, 3.63) is 100 Å². The van der Waals surface area contributed by atoms with Crippen molar-refractivity contribution in [2.45, 2.75) is 32.9 Å². The van der Waals surface area contributed by atoms with Gasteiger partial charge in [0, 0.05) is 40.1 Å². The number of benzene rings is 2. The van der Waals surface area contributed by atoms with Gasteiger partial charge in [-0.1, -0.05) is 24.3 Å². The Hall–Kier alpha value is -2.79. The second-order valence-corrected chi connectivity index (χ2v) is 12.5. The largest absolute Gasteiger partial charge is 0.422 e. The van der Waals surface area contributed by atoms with Gasteiger partial charge in [-0.25, -0.2) is 17.6 Å². The van der Waals surface area contributed by atoms with Gasteiger partial charge in [0.2, 0.25) is 0 Å². The molecular weight excluding hydrogens is 596 g/mol. The van der Waals surface area contributed by atoms with Crippen molar-refractivity contribution in [1.29, 1.82) is 0 Å². The van der Waals surface area contributed by atoms with Gasteiger partial charge in [-0.15, -0.1) is 0 Å². The average molecular weight is 621 g/mol. The summed E-state index contributed by atoms with van der Waals surface area (Å²) in [6.07, 6.45) is 1.21. The van der Waals surface area contributed by atoms with Crippen LogP contribution in [-0.4, -0.2) is 19.2 Å². The summed E-state index contributed by atoms with van der Waals surface area (Å²) >= 11 is 2.02. The average Bonchev–Trinajstić information content (AvgIpc) is 2.78. The molecule has 2 aromatic carbocycles. The predicted octanol–water partition coefficient (Wildman–Crippen LogP) is 4.96. The number of pyridine rings is 1. The Bertz CT molecular complexity index is 1770. The maximum absolute atomic E-state index is 14.8. The van der Waals surface area contributed by atoms with Gasteiger partial charge in [0.1, 0.15) is 5.82 Å². The minimum absolute atomic E-state index is 0.0432. The topological polar surface area (TPSA) is 86.4 Å². The van der Waals surface area contributed by atoms with Crippen molar-refractivity contribution in [1.82, 2.24) is 4.57 Å². The number of nitrogens with zero attached hydrogens (tertiary/aromatic N) is 1. The van der Waals surface area contributed by atoms with E-state index in [1.807, 2.05) is 28.7 Å². The van der Waals surface area contributed by atoms with Crippen molar-refractivity contribution >= 4 is 43.4 Å². The minimum atomic E-state index is -3.29. The molecule has 0 bridgehead atoms. The van der Waals surface area contributed by atoms with Crippen molar-refractivity contribution in [3.8, 4) is 11.1 Å². The quantitative estimate of drug-likeness (QED) is 0.294. The van der Waals surface area contributed by atoms with E-state index >= 15 is 0 Å². The van der Waals surface area contributed by atoms with Gasteiger partial charge in [0.15, 0.2) is 15.4 Å². The number of halogens is 2. The Labute approximate surface area is 221 Å². The minimum Gasteiger partial charge on any atom is -0.422 e. The maximum Gasteiger partial charge on any atom is 0.339 e. The van der Waals surface area contributed by atoms with Gasteiger partial charge in [0.25, 0.3) is 5.56 Å². The molecule has 188 valence electrons. The number of hydrogen-bond donors (Lipinski definition) is 0. The molecule has 0 N–H and O–H groups in total. The molecule has 0 saturated carbocycles. The molecule has 0 aliphatic carbocycles. The van der Waals surface area contributed by atoms with Crippen LogP contribution in [0.3, 0.4) is 0 Å². The summed E-state index contributed by atoms with van der Waals surface area (Å²) < 4.78 is 46.7. The van der Waals surface area contributed by atoms with Gasteiger partial charge in [-0.05, 0) is 83.3 Å². The van der Waals surface area contributed by atoms with Crippen molar-refractivity contribution in [2.24, 2.45) is 7.05 Å². The summed E-state index contributed by atoms with van der Waals surface area (Å²) in [6.45, 7) is 5.12. The molecule has 4 rings (SSSR count). The highest BCUT2D eigenvalue weighted by Gasteiger charge is 2.24. The molecule has 36 heavy (non-hydrogen) atoms. The van der Waals surface area contributed by atoms with Crippen LogP contribution in [0.25, 0.3) is 22.1 Å². The molecule has 0 unspecified atom stereocenters. The molecule has 2 aromatic heterocycles. The third-order valence-electron chi connectivity index (χ3n) is 6.61. The van der Waals surface area contributed by atoms with Crippen LogP contribution < -0.4 is 11.2 Å². The molecule has 0 aliphatic heterocycles. The fourth-order valence-electron chi connectivity index (χ4n) is 4.51. The first-order valence-electron chi connectivity index (χ1n) is 11.2. The zero-order valence-electron chi connectivity index (χ0n) is 20.5. The van der Waals surface area contributed by atoms with Crippen molar-refractivity contribution in [2.75, 3.05) is 6.26 Å². The first-order chi connectivity index (χ1) is 16.8. The van der Waals surface area contributed by atoms with E-state index in [-0.39, 0.29) is 34.3 Å². The number of rotatable bonds is 5. The highest BCUT2D eigenvalue weighted by Crippen LogP contribution is 2.35. The Kier molecular flexibility index (Phi) is 7.00. The molecule has 0 fully saturated rings. The molecule has 0 atom stereocenters. The Balaban J connectivity index is 2.10. The Morgan fingerprint density at radius 3 is 2.36 bits per heavy atom. The molecule has 4 aromatic rings. The molecule has 2 heterocycles. The van der Waals surface area contributed by atoms with Crippen molar-refractivity contribution in [3.63, 3.8) is 0 Å². The zero-order chi connectivity index (χ0) is 26.5. The molecule has 9 heteroatoms. The molecule has 0 aliphatic rings. The summed E-state index contributed by atoms with van der Waals surface area (Å²) in [5, 5.41) is 0.209. The molecular formula is C27H25FINO5S.